The van der Waals surface area contributed by atoms with Gasteiger partial charge in [-0.05, 0) is 30.2 Å². The van der Waals surface area contributed by atoms with E-state index in [-0.39, 0.29) is 0 Å². The molecule has 0 aliphatic rings. The third-order valence-corrected chi connectivity index (χ3v) is 2.04. The second kappa shape index (κ2) is 7.16. The highest BCUT2D eigenvalue weighted by molar-refractivity contribution is 5.82. The van der Waals surface area contributed by atoms with Gasteiger partial charge in [0, 0.05) is 0 Å². The monoisotopic (exact) mass is 251 g/mol. The van der Waals surface area contributed by atoms with E-state index in [2.05, 4.69) is 10.5 Å². The Bertz CT molecular complexity index is 433. The lowest BCUT2D eigenvalue weighted by Gasteiger charge is -2.10. The number of carbonyl (C=O) groups is 1. The number of carbonyl (C=O) groups excluding carboxylic acids is 1. The minimum atomic E-state index is -0.706. The maximum Gasteiger partial charge on any atom is 0.332 e. The summed E-state index contributed by atoms with van der Waals surface area (Å²) in [6.45, 7) is 2.63. The summed E-state index contributed by atoms with van der Waals surface area (Å²) in [6, 6.07) is 4.64. The van der Waals surface area contributed by atoms with Gasteiger partial charge in [0.1, 0.15) is 0 Å². The Hall–Kier alpha value is -2.24. The van der Waals surface area contributed by atoms with Crippen LogP contribution in [-0.2, 0) is 0 Å². The average molecular weight is 251 g/mol. The fourth-order valence-electron chi connectivity index (χ4n) is 1.27. The molecule has 0 spiro atoms. The molecule has 1 aromatic carbocycles. The van der Waals surface area contributed by atoms with E-state index >= 15 is 0 Å². The summed E-state index contributed by atoms with van der Waals surface area (Å²) in [5, 5.41) is 3.67. The zero-order valence-electron chi connectivity index (χ0n) is 10.5. The predicted molar refractivity (Wildman–Crippen MR) is 69.1 cm³/mol. The molecule has 0 aliphatic heterocycles. The molecule has 3 N–H and O–H groups in total. The molecular formula is C12H17N3O3. The molecule has 0 bridgehead atoms. The first-order chi connectivity index (χ1) is 8.67. The Morgan fingerprint density at radius 2 is 2.28 bits per heavy atom. The lowest BCUT2D eigenvalue weighted by atomic mass is 10.2. The molecule has 0 unspecified atom stereocenters. The van der Waals surface area contributed by atoms with E-state index in [1.54, 1.807) is 25.3 Å². The van der Waals surface area contributed by atoms with Gasteiger partial charge in [-0.1, -0.05) is 6.92 Å². The number of amides is 2. The predicted octanol–water partition coefficient (Wildman–Crippen LogP) is 1.49. The molecule has 2 amide bonds. The number of hydrogen-bond acceptors (Lipinski definition) is 4. The number of nitrogens with two attached hydrogens (primary N) is 1. The normalized spacial score (nSPS) is 10.3. The largest absolute Gasteiger partial charge is 0.493 e. The van der Waals surface area contributed by atoms with Gasteiger partial charge in [-0.3, -0.25) is 0 Å². The van der Waals surface area contributed by atoms with Crippen LogP contribution in [0.1, 0.15) is 18.9 Å². The number of rotatable bonds is 6. The van der Waals surface area contributed by atoms with Crippen molar-refractivity contribution in [2.24, 2.45) is 10.8 Å². The van der Waals surface area contributed by atoms with Crippen LogP contribution in [-0.4, -0.2) is 26.0 Å². The summed E-state index contributed by atoms with van der Waals surface area (Å²) in [5.41, 5.74) is 7.78. The van der Waals surface area contributed by atoms with E-state index in [9.17, 15) is 4.79 Å². The first-order valence-electron chi connectivity index (χ1n) is 5.56. The quantitative estimate of drug-likeness (QED) is 0.593. The van der Waals surface area contributed by atoms with Crippen molar-refractivity contribution in [3.63, 3.8) is 0 Å². The molecule has 18 heavy (non-hydrogen) atoms. The van der Waals surface area contributed by atoms with Crippen LogP contribution >= 0.6 is 0 Å². The third-order valence-electron chi connectivity index (χ3n) is 2.04. The maximum absolute atomic E-state index is 10.5. The maximum atomic E-state index is 10.5. The van der Waals surface area contributed by atoms with Crippen LogP contribution < -0.4 is 20.6 Å². The summed E-state index contributed by atoms with van der Waals surface area (Å²) in [4.78, 5) is 10.5. The highest BCUT2D eigenvalue weighted by Crippen LogP contribution is 2.27. The zero-order chi connectivity index (χ0) is 13.4. The fourth-order valence-corrected chi connectivity index (χ4v) is 1.27. The van der Waals surface area contributed by atoms with Gasteiger partial charge in [0.05, 0.1) is 19.9 Å². The molecule has 1 rings (SSSR count). The standard InChI is InChI=1S/C12H17N3O3/c1-3-6-18-11-7-9(4-5-10(11)17-2)8-14-15-12(13)16/h4-5,7-8H,3,6H2,1-2H3,(H3,13,15,16)/b14-8-. The van der Waals surface area contributed by atoms with Gasteiger partial charge in [0.15, 0.2) is 11.5 Å². The molecule has 0 saturated carbocycles. The van der Waals surface area contributed by atoms with E-state index in [1.165, 1.54) is 6.21 Å². The lowest BCUT2D eigenvalue weighted by Crippen LogP contribution is -2.24. The Labute approximate surface area is 106 Å². The van der Waals surface area contributed by atoms with Crippen molar-refractivity contribution in [1.82, 2.24) is 5.43 Å². The topological polar surface area (TPSA) is 85.9 Å². The molecule has 0 saturated heterocycles. The van der Waals surface area contributed by atoms with Crippen LogP contribution in [0, 0.1) is 0 Å². The minimum Gasteiger partial charge on any atom is -0.493 e. The number of ether oxygens (including phenoxy) is 2. The number of primary amides is 1. The van der Waals surface area contributed by atoms with Gasteiger partial charge in [-0.15, -0.1) is 0 Å². The lowest BCUT2D eigenvalue weighted by molar-refractivity contribution is 0.249. The zero-order valence-corrected chi connectivity index (χ0v) is 10.5. The van der Waals surface area contributed by atoms with Gasteiger partial charge in [-0.2, -0.15) is 5.10 Å². The number of nitrogens with zero attached hydrogens (tertiary/aromatic N) is 1. The van der Waals surface area contributed by atoms with Crippen LogP contribution in [0.5, 0.6) is 11.5 Å². The average Bonchev–Trinajstić information content (AvgIpc) is 2.36. The summed E-state index contributed by atoms with van der Waals surface area (Å²) in [5.74, 6) is 1.30. The van der Waals surface area contributed by atoms with E-state index in [4.69, 9.17) is 15.2 Å². The minimum absolute atomic E-state index is 0.608. The van der Waals surface area contributed by atoms with Gasteiger partial charge < -0.3 is 15.2 Å². The second-order valence-corrected chi connectivity index (χ2v) is 3.49. The van der Waals surface area contributed by atoms with Crippen LogP contribution in [0.15, 0.2) is 23.3 Å². The Balaban J connectivity index is 2.81. The van der Waals surface area contributed by atoms with Crippen molar-refractivity contribution in [1.29, 1.82) is 0 Å². The molecule has 0 heterocycles. The number of nitrogens with one attached hydrogen (secondary N) is 1. The second-order valence-electron chi connectivity index (χ2n) is 3.49. The summed E-state index contributed by atoms with van der Waals surface area (Å²) >= 11 is 0. The highest BCUT2D eigenvalue weighted by atomic mass is 16.5. The van der Waals surface area contributed by atoms with Gasteiger partial charge in [0.25, 0.3) is 0 Å². The SMILES string of the molecule is CCCOc1cc(/C=N\NC(N)=O)ccc1OC. The van der Waals surface area contributed by atoms with Gasteiger partial charge >= 0.3 is 6.03 Å². The van der Waals surface area contributed by atoms with Crippen LogP contribution in [0.4, 0.5) is 4.79 Å². The molecule has 0 aliphatic carbocycles. The van der Waals surface area contributed by atoms with Crippen molar-refractivity contribution < 1.29 is 14.3 Å². The molecular weight excluding hydrogens is 234 g/mol. The molecule has 6 nitrogen and oxygen atoms in total. The fraction of sp³-hybridized carbons (Fsp3) is 0.333. The third kappa shape index (κ3) is 4.32. The van der Waals surface area contributed by atoms with Crippen molar-refractivity contribution in [3.05, 3.63) is 23.8 Å². The number of hydrazone groups is 1. The van der Waals surface area contributed by atoms with E-state index in [1.807, 2.05) is 6.92 Å². The first-order valence-corrected chi connectivity index (χ1v) is 5.56. The molecule has 6 heteroatoms. The molecule has 0 radical (unpaired) electrons. The van der Waals surface area contributed by atoms with Crippen LogP contribution in [0.3, 0.4) is 0 Å². The van der Waals surface area contributed by atoms with Crippen molar-refractivity contribution >= 4 is 12.2 Å². The summed E-state index contributed by atoms with van der Waals surface area (Å²) in [6.07, 6.45) is 2.38. The molecule has 1 aromatic rings. The van der Waals surface area contributed by atoms with Crippen molar-refractivity contribution in [3.8, 4) is 11.5 Å². The summed E-state index contributed by atoms with van der Waals surface area (Å²) in [7, 11) is 1.58. The summed E-state index contributed by atoms with van der Waals surface area (Å²) < 4.78 is 10.7. The van der Waals surface area contributed by atoms with Crippen LogP contribution in [0.2, 0.25) is 0 Å². The number of hydrogen-bond donors (Lipinski definition) is 2. The van der Waals surface area contributed by atoms with Crippen molar-refractivity contribution in [2.75, 3.05) is 13.7 Å². The van der Waals surface area contributed by atoms with E-state index in [0.29, 0.717) is 18.1 Å². The molecule has 98 valence electrons. The molecule has 0 fully saturated rings. The Morgan fingerprint density at radius 3 is 2.89 bits per heavy atom. The smallest absolute Gasteiger partial charge is 0.332 e. The number of benzene rings is 1. The van der Waals surface area contributed by atoms with E-state index < -0.39 is 6.03 Å². The van der Waals surface area contributed by atoms with Gasteiger partial charge in [-0.25, -0.2) is 10.2 Å². The first kappa shape index (κ1) is 13.8. The Kier molecular flexibility index (Phi) is 5.50. The molecule has 0 atom stereocenters. The number of methoxy groups -OCH3 is 1. The van der Waals surface area contributed by atoms with Gasteiger partial charge in [0.2, 0.25) is 0 Å². The Morgan fingerprint density at radius 1 is 1.50 bits per heavy atom. The van der Waals surface area contributed by atoms with Crippen LogP contribution in [0.25, 0.3) is 0 Å². The molecule has 0 aromatic heterocycles. The van der Waals surface area contributed by atoms with E-state index in [0.717, 1.165) is 12.0 Å². The van der Waals surface area contributed by atoms with Crippen molar-refractivity contribution in [2.45, 2.75) is 13.3 Å². The highest BCUT2D eigenvalue weighted by Gasteiger charge is 2.04. The number of urea groups is 1.